The first-order valence-corrected chi connectivity index (χ1v) is 7.85. The standard InChI is InChI=1S/C17H16ClF3N2O3/c1-16(2,3)26-15(25)23-8-4-5-13(23)14(24)22-10-6-7-12(18)11(9-10)17(19,20)21/h4-9H,1-3H3,(H,22,24). The van der Waals surface area contributed by atoms with Crippen LogP contribution in [0.25, 0.3) is 0 Å². The Morgan fingerprint density at radius 2 is 1.81 bits per heavy atom. The minimum atomic E-state index is -4.66. The highest BCUT2D eigenvalue weighted by Gasteiger charge is 2.33. The van der Waals surface area contributed by atoms with Gasteiger partial charge in [0.1, 0.15) is 11.3 Å². The van der Waals surface area contributed by atoms with Crippen molar-refractivity contribution in [2.45, 2.75) is 32.5 Å². The number of anilines is 1. The number of benzene rings is 1. The first-order chi connectivity index (χ1) is 11.9. The van der Waals surface area contributed by atoms with Crippen LogP contribution in [-0.4, -0.2) is 22.2 Å². The van der Waals surface area contributed by atoms with Gasteiger partial charge in [0.15, 0.2) is 0 Å². The molecule has 0 atom stereocenters. The van der Waals surface area contributed by atoms with Gasteiger partial charge in [-0.3, -0.25) is 4.79 Å². The molecule has 0 saturated carbocycles. The summed E-state index contributed by atoms with van der Waals surface area (Å²) in [5.41, 5.74) is -2.03. The van der Waals surface area contributed by atoms with Gasteiger partial charge >= 0.3 is 12.3 Å². The molecule has 26 heavy (non-hydrogen) atoms. The predicted molar refractivity (Wildman–Crippen MR) is 90.5 cm³/mol. The zero-order valence-corrected chi connectivity index (χ0v) is 14.9. The van der Waals surface area contributed by atoms with E-state index in [9.17, 15) is 22.8 Å². The van der Waals surface area contributed by atoms with Crippen LogP contribution in [0.2, 0.25) is 5.02 Å². The molecule has 0 aliphatic carbocycles. The van der Waals surface area contributed by atoms with Gasteiger partial charge in [0, 0.05) is 11.9 Å². The highest BCUT2D eigenvalue weighted by Crippen LogP contribution is 2.36. The summed E-state index contributed by atoms with van der Waals surface area (Å²) < 4.78 is 44.9. The highest BCUT2D eigenvalue weighted by molar-refractivity contribution is 6.31. The molecule has 1 N–H and O–H groups in total. The second-order valence-corrected chi connectivity index (χ2v) is 6.80. The maximum atomic E-state index is 12.9. The lowest BCUT2D eigenvalue weighted by atomic mass is 10.2. The third kappa shape index (κ3) is 4.78. The van der Waals surface area contributed by atoms with Gasteiger partial charge in [-0.25, -0.2) is 9.36 Å². The number of carbonyl (C=O) groups is 2. The summed E-state index contributed by atoms with van der Waals surface area (Å²) in [4.78, 5) is 24.5. The minimum Gasteiger partial charge on any atom is -0.443 e. The van der Waals surface area contributed by atoms with Crippen molar-refractivity contribution in [2.24, 2.45) is 0 Å². The number of carbonyl (C=O) groups excluding carboxylic acids is 2. The monoisotopic (exact) mass is 388 g/mol. The van der Waals surface area contributed by atoms with Crippen LogP contribution in [0, 0.1) is 0 Å². The fraction of sp³-hybridized carbons (Fsp3) is 0.294. The van der Waals surface area contributed by atoms with Crippen LogP contribution in [0.15, 0.2) is 36.5 Å². The van der Waals surface area contributed by atoms with Crippen molar-refractivity contribution in [1.82, 2.24) is 4.57 Å². The first-order valence-electron chi connectivity index (χ1n) is 7.47. The molecule has 0 aliphatic rings. The Morgan fingerprint density at radius 3 is 2.38 bits per heavy atom. The molecule has 2 rings (SSSR count). The van der Waals surface area contributed by atoms with Gasteiger partial charge in [-0.1, -0.05) is 11.6 Å². The molecule has 0 saturated heterocycles. The molecule has 1 amide bonds. The molecular weight excluding hydrogens is 373 g/mol. The van der Waals surface area contributed by atoms with E-state index in [1.54, 1.807) is 20.8 Å². The van der Waals surface area contributed by atoms with Crippen molar-refractivity contribution in [3.8, 4) is 0 Å². The van der Waals surface area contributed by atoms with E-state index in [1.165, 1.54) is 24.4 Å². The quantitative estimate of drug-likeness (QED) is 0.769. The summed E-state index contributed by atoms with van der Waals surface area (Å²) in [5.74, 6) is -0.767. The van der Waals surface area contributed by atoms with Crippen molar-refractivity contribution >= 4 is 29.3 Å². The third-order valence-electron chi connectivity index (χ3n) is 3.10. The van der Waals surface area contributed by atoms with Gasteiger partial charge in [0.05, 0.1) is 10.6 Å². The predicted octanol–water partition coefficient (Wildman–Crippen LogP) is 5.20. The van der Waals surface area contributed by atoms with Crippen molar-refractivity contribution < 1.29 is 27.5 Å². The molecular formula is C17H16ClF3N2O3. The van der Waals surface area contributed by atoms with Crippen LogP contribution in [0.3, 0.4) is 0 Å². The van der Waals surface area contributed by atoms with Crippen LogP contribution in [0.5, 0.6) is 0 Å². The molecule has 0 unspecified atom stereocenters. The van der Waals surface area contributed by atoms with E-state index in [0.717, 1.165) is 16.7 Å². The van der Waals surface area contributed by atoms with Crippen molar-refractivity contribution in [1.29, 1.82) is 0 Å². The Labute approximate surface area is 152 Å². The number of alkyl halides is 3. The average Bonchev–Trinajstić information content (AvgIpc) is 2.96. The Morgan fingerprint density at radius 1 is 1.15 bits per heavy atom. The molecule has 140 valence electrons. The van der Waals surface area contributed by atoms with Gasteiger partial charge in [0.25, 0.3) is 5.91 Å². The van der Waals surface area contributed by atoms with E-state index in [4.69, 9.17) is 16.3 Å². The van der Waals surface area contributed by atoms with Crippen molar-refractivity contribution in [3.63, 3.8) is 0 Å². The van der Waals surface area contributed by atoms with Gasteiger partial charge < -0.3 is 10.1 Å². The molecule has 0 bridgehead atoms. The van der Waals surface area contributed by atoms with E-state index in [2.05, 4.69) is 5.32 Å². The van der Waals surface area contributed by atoms with Crippen molar-refractivity contribution in [3.05, 3.63) is 52.8 Å². The molecule has 9 heteroatoms. The van der Waals surface area contributed by atoms with E-state index < -0.39 is 34.4 Å². The number of nitrogens with one attached hydrogen (secondary N) is 1. The number of aromatic nitrogens is 1. The Kier molecular flexibility index (Phi) is 5.36. The van der Waals surface area contributed by atoms with Gasteiger partial charge in [-0.15, -0.1) is 0 Å². The number of rotatable bonds is 2. The summed E-state index contributed by atoms with van der Waals surface area (Å²) in [6.45, 7) is 5.00. The number of ether oxygens (including phenoxy) is 1. The van der Waals surface area contributed by atoms with Crippen LogP contribution >= 0.6 is 11.6 Å². The topological polar surface area (TPSA) is 60.3 Å². The second kappa shape index (κ2) is 7.03. The zero-order chi connectivity index (χ0) is 19.7. The van der Waals surface area contributed by atoms with Crippen molar-refractivity contribution in [2.75, 3.05) is 5.32 Å². The van der Waals surface area contributed by atoms with Crippen LogP contribution in [0.1, 0.15) is 36.8 Å². The maximum absolute atomic E-state index is 12.9. The molecule has 0 aliphatic heterocycles. The summed E-state index contributed by atoms with van der Waals surface area (Å²) in [6.07, 6.45) is -4.11. The second-order valence-electron chi connectivity index (χ2n) is 6.39. The summed E-state index contributed by atoms with van der Waals surface area (Å²) in [7, 11) is 0. The van der Waals surface area contributed by atoms with E-state index in [0.29, 0.717) is 0 Å². The number of halogens is 4. The molecule has 0 radical (unpaired) electrons. The number of amides is 1. The normalized spacial score (nSPS) is 12.0. The minimum absolute atomic E-state index is 0.0808. The zero-order valence-electron chi connectivity index (χ0n) is 14.1. The van der Waals surface area contributed by atoms with E-state index >= 15 is 0 Å². The SMILES string of the molecule is CC(C)(C)OC(=O)n1cccc1C(=O)Nc1ccc(Cl)c(C(F)(F)F)c1. The Bertz CT molecular complexity index is 839. The number of hydrogen-bond acceptors (Lipinski definition) is 3. The Hall–Kier alpha value is -2.48. The lowest BCUT2D eigenvalue weighted by Crippen LogP contribution is -2.29. The molecule has 2 aromatic rings. The van der Waals surface area contributed by atoms with Gasteiger partial charge in [0.2, 0.25) is 0 Å². The number of nitrogens with zero attached hydrogens (tertiary/aromatic N) is 1. The smallest absolute Gasteiger partial charge is 0.419 e. The Balaban J connectivity index is 2.25. The molecule has 0 fully saturated rings. The van der Waals surface area contributed by atoms with Gasteiger partial charge in [-0.05, 0) is 51.1 Å². The van der Waals surface area contributed by atoms with E-state index in [1.807, 2.05) is 0 Å². The molecule has 1 heterocycles. The largest absolute Gasteiger partial charge is 0.443 e. The lowest BCUT2D eigenvalue weighted by molar-refractivity contribution is -0.137. The fourth-order valence-electron chi connectivity index (χ4n) is 2.05. The molecule has 1 aromatic carbocycles. The maximum Gasteiger partial charge on any atom is 0.419 e. The van der Waals surface area contributed by atoms with Crippen LogP contribution in [-0.2, 0) is 10.9 Å². The molecule has 0 spiro atoms. The highest BCUT2D eigenvalue weighted by atomic mass is 35.5. The average molecular weight is 389 g/mol. The van der Waals surface area contributed by atoms with Crippen LogP contribution in [0.4, 0.5) is 23.7 Å². The summed E-state index contributed by atoms with van der Waals surface area (Å²) in [6, 6.07) is 5.78. The summed E-state index contributed by atoms with van der Waals surface area (Å²) in [5, 5.41) is 1.84. The third-order valence-corrected chi connectivity index (χ3v) is 3.43. The first kappa shape index (κ1) is 19.8. The molecule has 5 nitrogen and oxygen atoms in total. The summed E-state index contributed by atoms with van der Waals surface area (Å²) >= 11 is 5.55. The van der Waals surface area contributed by atoms with E-state index in [-0.39, 0.29) is 11.4 Å². The molecule has 1 aromatic heterocycles. The fourth-order valence-corrected chi connectivity index (χ4v) is 2.28. The number of hydrogen-bond donors (Lipinski definition) is 1. The van der Waals surface area contributed by atoms with Gasteiger partial charge in [-0.2, -0.15) is 13.2 Å². The van der Waals surface area contributed by atoms with Crippen LogP contribution < -0.4 is 5.32 Å². The lowest BCUT2D eigenvalue weighted by Gasteiger charge is -2.20.